The number of benzene rings is 2. The molecule has 0 spiro atoms. The molecule has 0 bridgehead atoms. The van der Waals surface area contributed by atoms with E-state index >= 15 is 0 Å². The molecule has 2 amide bonds. The molecule has 0 aromatic heterocycles. The van der Waals surface area contributed by atoms with Crippen LogP contribution in [0.1, 0.15) is 27.7 Å². The van der Waals surface area contributed by atoms with Gasteiger partial charge in [-0.3, -0.25) is 4.79 Å². The van der Waals surface area contributed by atoms with Crippen LogP contribution in [0.15, 0.2) is 42.5 Å². The smallest absolute Gasteiger partial charge is 0.408 e. The molecule has 3 rings (SSSR count). The van der Waals surface area contributed by atoms with Gasteiger partial charge in [0.15, 0.2) is 11.5 Å². The zero-order valence-electron chi connectivity index (χ0n) is 17.4. The van der Waals surface area contributed by atoms with Gasteiger partial charge >= 0.3 is 6.09 Å². The molecule has 2 aromatic rings. The van der Waals surface area contributed by atoms with E-state index in [-0.39, 0.29) is 6.79 Å². The molecule has 0 aliphatic carbocycles. The summed E-state index contributed by atoms with van der Waals surface area (Å²) in [6.07, 6.45) is -0.785. The summed E-state index contributed by atoms with van der Waals surface area (Å²) in [7, 11) is 0. The molecule has 8 heteroatoms. The van der Waals surface area contributed by atoms with E-state index in [0.29, 0.717) is 17.2 Å². The molecule has 0 saturated heterocycles. The Bertz CT molecular complexity index is 936. The van der Waals surface area contributed by atoms with Crippen LogP contribution >= 0.6 is 0 Å². The van der Waals surface area contributed by atoms with Crippen molar-refractivity contribution >= 4 is 17.7 Å². The lowest BCUT2D eigenvalue weighted by atomic mass is 10.0. The summed E-state index contributed by atoms with van der Waals surface area (Å²) in [6, 6.07) is 12.8. The monoisotopic (exact) mass is 414 g/mol. The minimum atomic E-state index is -1.54. The van der Waals surface area contributed by atoms with Crippen LogP contribution in [-0.2, 0) is 9.53 Å². The number of nitrogens with one attached hydrogen (secondary N) is 2. The SMILES string of the molecule is CC(C)(C)OC(=O)NC(C)(CO)C(=O)Nc1ccc(-c2ccc3c(c2)OCO3)cc1. The number of carbonyl (C=O) groups excluding carboxylic acids is 2. The maximum atomic E-state index is 12.7. The maximum Gasteiger partial charge on any atom is 0.408 e. The molecule has 0 saturated carbocycles. The molecule has 0 radical (unpaired) electrons. The Labute approximate surface area is 175 Å². The van der Waals surface area contributed by atoms with Crippen molar-refractivity contribution in [2.24, 2.45) is 0 Å². The molecular weight excluding hydrogens is 388 g/mol. The molecule has 1 atom stereocenters. The van der Waals surface area contributed by atoms with Crippen LogP contribution < -0.4 is 20.1 Å². The molecule has 8 nitrogen and oxygen atoms in total. The number of aliphatic hydroxyl groups is 1. The summed E-state index contributed by atoms with van der Waals surface area (Å²) >= 11 is 0. The maximum absolute atomic E-state index is 12.7. The third-order valence-corrected chi connectivity index (χ3v) is 4.44. The van der Waals surface area contributed by atoms with Crippen LogP contribution in [0.4, 0.5) is 10.5 Å². The van der Waals surface area contributed by atoms with Gasteiger partial charge in [-0.25, -0.2) is 4.79 Å². The van der Waals surface area contributed by atoms with E-state index in [1.54, 1.807) is 32.9 Å². The first-order chi connectivity index (χ1) is 14.1. The molecule has 30 heavy (non-hydrogen) atoms. The highest BCUT2D eigenvalue weighted by atomic mass is 16.7. The van der Waals surface area contributed by atoms with Gasteiger partial charge in [0.1, 0.15) is 11.1 Å². The number of carbonyl (C=O) groups is 2. The average molecular weight is 414 g/mol. The van der Waals surface area contributed by atoms with Gasteiger partial charge < -0.3 is 30.0 Å². The van der Waals surface area contributed by atoms with Gasteiger partial charge in [0.05, 0.1) is 6.61 Å². The molecule has 1 unspecified atom stereocenters. The second-order valence-corrected chi connectivity index (χ2v) is 8.22. The van der Waals surface area contributed by atoms with Crippen LogP contribution in [-0.4, -0.2) is 41.6 Å². The van der Waals surface area contributed by atoms with Gasteiger partial charge in [0, 0.05) is 5.69 Å². The van der Waals surface area contributed by atoms with Crippen molar-refractivity contribution in [3.05, 3.63) is 42.5 Å². The zero-order chi connectivity index (χ0) is 21.9. The third kappa shape index (κ3) is 5.01. The highest BCUT2D eigenvalue weighted by Gasteiger charge is 2.36. The predicted octanol–water partition coefficient (Wildman–Crippen LogP) is 3.30. The number of anilines is 1. The Hall–Kier alpha value is -3.26. The number of ether oxygens (including phenoxy) is 3. The molecule has 2 aromatic carbocycles. The van der Waals surface area contributed by atoms with Crippen molar-refractivity contribution in [2.45, 2.75) is 38.8 Å². The van der Waals surface area contributed by atoms with Gasteiger partial charge in [-0.05, 0) is 63.1 Å². The van der Waals surface area contributed by atoms with E-state index in [2.05, 4.69) is 10.6 Å². The van der Waals surface area contributed by atoms with E-state index in [9.17, 15) is 14.7 Å². The van der Waals surface area contributed by atoms with Crippen LogP contribution in [0.5, 0.6) is 11.5 Å². The summed E-state index contributed by atoms with van der Waals surface area (Å²) in [4.78, 5) is 24.7. The van der Waals surface area contributed by atoms with Gasteiger partial charge in [-0.1, -0.05) is 18.2 Å². The molecule has 1 aliphatic rings. The molecule has 0 fully saturated rings. The van der Waals surface area contributed by atoms with E-state index in [0.717, 1.165) is 11.1 Å². The Morgan fingerprint density at radius 2 is 1.63 bits per heavy atom. The van der Waals surface area contributed by atoms with E-state index in [1.807, 2.05) is 30.3 Å². The van der Waals surface area contributed by atoms with E-state index in [1.165, 1.54) is 6.92 Å². The summed E-state index contributed by atoms with van der Waals surface area (Å²) in [5.74, 6) is 0.840. The molecule has 160 valence electrons. The number of rotatable bonds is 5. The number of aliphatic hydroxyl groups excluding tert-OH is 1. The molecule has 1 heterocycles. The van der Waals surface area contributed by atoms with Crippen molar-refractivity contribution in [3.63, 3.8) is 0 Å². The largest absolute Gasteiger partial charge is 0.454 e. The van der Waals surface area contributed by atoms with Crippen LogP contribution in [0.2, 0.25) is 0 Å². The van der Waals surface area contributed by atoms with Crippen molar-refractivity contribution < 1.29 is 28.9 Å². The fraction of sp³-hybridized carbons (Fsp3) is 0.364. The van der Waals surface area contributed by atoms with Gasteiger partial charge in [0.2, 0.25) is 6.79 Å². The van der Waals surface area contributed by atoms with Crippen molar-refractivity contribution in [1.29, 1.82) is 0 Å². The Morgan fingerprint density at radius 1 is 1.00 bits per heavy atom. The summed E-state index contributed by atoms with van der Waals surface area (Å²) in [5.41, 5.74) is 0.141. The van der Waals surface area contributed by atoms with E-state index in [4.69, 9.17) is 14.2 Å². The first-order valence-corrected chi connectivity index (χ1v) is 9.53. The standard InChI is InChI=1S/C22H26N2O6/c1-21(2,3)30-20(27)24-22(4,12-25)19(26)23-16-8-5-14(6-9-16)15-7-10-17-18(11-15)29-13-28-17/h5-11,25H,12-13H2,1-4H3,(H,23,26)(H,24,27). The average Bonchev–Trinajstić information content (AvgIpc) is 3.14. The van der Waals surface area contributed by atoms with Gasteiger partial charge in [0.25, 0.3) is 5.91 Å². The number of fused-ring (bicyclic) bond motifs is 1. The molecule has 3 N–H and O–H groups in total. The van der Waals surface area contributed by atoms with Crippen molar-refractivity contribution in [2.75, 3.05) is 18.7 Å². The Kier molecular flexibility index (Phi) is 5.89. The van der Waals surface area contributed by atoms with Gasteiger partial charge in [-0.2, -0.15) is 0 Å². The lowest BCUT2D eigenvalue weighted by Gasteiger charge is -2.29. The number of amides is 2. The number of hydrogen-bond donors (Lipinski definition) is 3. The topological polar surface area (TPSA) is 106 Å². The first kappa shape index (κ1) is 21.4. The fourth-order valence-electron chi connectivity index (χ4n) is 2.79. The third-order valence-electron chi connectivity index (χ3n) is 4.44. The Balaban J connectivity index is 1.67. The summed E-state index contributed by atoms with van der Waals surface area (Å²) in [6.45, 7) is 6.19. The fourth-order valence-corrected chi connectivity index (χ4v) is 2.79. The summed E-state index contributed by atoms with van der Waals surface area (Å²) < 4.78 is 15.9. The molecule has 1 aliphatic heterocycles. The lowest BCUT2D eigenvalue weighted by molar-refractivity contribution is -0.123. The lowest BCUT2D eigenvalue weighted by Crippen LogP contribution is -2.58. The van der Waals surface area contributed by atoms with Crippen molar-refractivity contribution in [1.82, 2.24) is 5.32 Å². The highest BCUT2D eigenvalue weighted by molar-refractivity contribution is 6.00. The van der Waals surface area contributed by atoms with Crippen molar-refractivity contribution in [3.8, 4) is 22.6 Å². The van der Waals surface area contributed by atoms with Gasteiger partial charge in [-0.15, -0.1) is 0 Å². The second kappa shape index (κ2) is 8.23. The van der Waals surface area contributed by atoms with E-state index < -0.39 is 29.7 Å². The minimum absolute atomic E-state index is 0.213. The normalized spacial score (nSPS) is 14.6. The minimum Gasteiger partial charge on any atom is -0.454 e. The van der Waals surface area contributed by atoms with Crippen LogP contribution in [0.25, 0.3) is 11.1 Å². The predicted molar refractivity (Wildman–Crippen MR) is 111 cm³/mol. The summed E-state index contributed by atoms with van der Waals surface area (Å²) in [5, 5.41) is 14.8. The van der Waals surface area contributed by atoms with Crippen LogP contribution in [0, 0.1) is 0 Å². The first-order valence-electron chi connectivity index (χ1n) is 9.53. The number of hydrogen-bond acceptors (Lipinski definition) is 6. The highest BCUT2D eigenvalue weighted by Crippen LogP contribution is 2.36. The van der Waals surface area contributed by atoms with Crippen LogP contribution in [0.3, 0.4) is 0 Å². The molecular formula is C22H26N2O6. The quantitative estimate of drug-likeness (QED) is 0.693. The second-order valence-electron chi connectivity index (χ2n) is 8.22. The Morgan fingerprint density at radius 3 is 2.27 bits per heavy atom. The zero-order valence-corrected chi connectivity index (χ0v) is 17.4. The number of alkyl carbamates (subject to hydrolysis) is 1.